The third-order valence-corrected chi connectivity index (χ3v) is 3.50. The minimum Gasteiger partial charge on any atom is -0.368 e. The zero-order chi connectivity index (χ0) is 16.8. The molecular weight excluding hydrogens is 319 g/mol. The van der Waals surface area contributed by atoms with Crippen LogP contribution < -0.4 is 11.1 Å². The molecule has 0 aliphatic carbocycles. The maximum atomic E-state index is 13.1. The molecule has 120 valence electrons. The second-order valence-electron chi connectivity index (χ2n) is 5.16. The molecule has 1 atom stereocenters. The van der Waals surface area contributed by atoms with Crippen LogP contribution in [0.4, 0.5) is 4.39 Å². The molecule has 2 aromatic rings. The molecule has 2 rings (SSSR count). The Balaban J connectivity index is 2.01. The molecule has 4 nitrogen and oxygen atoms in total. The molecule has 0 fully saturated rings. The number of halogens is 2. The lowest BCUT2D eigenvalue weighted by Crippen LogP contribution is -2.46. The highest BCUT2D eigenvalue weighted by molar-refractivity contribution is 6.30. The molecule has 0 heterocycles. The van der Waals surface area contributed by atoms with Crippen LogP contribution in [0.15, 0.2) is 48.5 Å². The lowest BCUT2D eigenvalue weighted by molar-refractivity contribution is -0.127. The number of amides is 2. The fourth-order valence-electron chi connectivity index (χ4n) is 2.20. The Morgan fingerprint density at radius 2 is 1.83 bits per heavy atom. The minimum absolute atomic E-state index is 0.0307. The summed E-state index contributed by atoms with van der Waals surface area (Å²) < 4.78 is 13.1. The Bertz CT molecular complexity index is 721. The van der Waals surface area contributed by atoms with Gasteiger partial charge in [0, 0.05) is 11.4 Å². The highest BCUT2D eigenvalue weighted by atomic mass is 35.5. The first-order chi connectivity index (χ1) is 10.9. The molecule has 0 radical (unpaired) electrons. The number of nitrogens with one attached hydrogen (secondary N) is 1. The lowest BCUT2D eigenvalue weighted by atomic mass is 10.0. The van der Waals surface area contributed by atoms with Crippen LogP contribution in [0.2, 0.25) is 5.02 Å². The van der Waals surface area contributed by atoms with E-state index in [9.17, 15) is 14.0 Å². The number of benzene rings is 2. The number of carbonyl (C=O) groups excluding carboxylic acids is 2. The minimum atomic E-state index is -0.852. The molecular formula is C17H16ClFN2O2. The summed E-state index contributed by atoms with van der Waals surface area (Å²) in [6.07, 6.45) is 0.210. The summed E-state index contributed by atoms with van der Waals surface area (Å²) in [7, 11) is 0. The van der Waals surface area contributed by atoms with Gasteiger partial charge in [0.15, 0.2) is 0 Å². The number of nitrogens with two attached hydrogens (primary N) is 1. The molecule has 0 unspecified atom stereocenters. The van der Waals surface area contributed by atoms with Crippen molar-refractivity contribution < 1.29 is 14.0 Å². The summed E-state index contributed by atoms with van der Waals surface area (Å²) in [5, 5.41) is 3.11. The van der Waals surface area contributed by atoms with Crippen LogP contribution in [0, 0.1) is 5.82 Å². The summed E-state index contributed by atoms with van der Waals surface area (Å²) in [5.74, 6) is -1.46. The highest BCUT2D eigenvalue weighted by Crippen LogP contribution is 2.12. The fraction of sp³-hybridized carbons (Fsp3) is 0.176. The van der Waals surface area contributed by atoms with E-state index in [1.165, 1.54) is 18.2 Å². The number of hydrogen-bond acceptors (Lipinski definition) is 2. The fourth-order valence-corrected chi connectivity index (χ4v) is 2.41. The van der Waals surface area contributed by atoms with Crippen molar-refractivity contribution in [1.29, 1.82) is 0 Å². The van der Waals surface area contributed by atoms with Gasteiger partial charge in [0.1, 0.15) is 11.9 Å². The normalized spacial score (nSPS) is 11.7. The van der Waals surface area contributed by atoms with Gasteiger partial charge >= 0.3 is 0 Å². The van der Waals surface area contributed by atoms with Gasteiger partial charge in [0.05, 0.1) is 6.42 Å². The summed E-state index contributed by atoms with van der Waals surface area (Å²) >= 11 is 5.90. The van der Waals surface area contributed by atoms with E-state index in [1.54, 1.807) is 30.3 Å². The molecule has 0 aromatic heterocycles. The monoisotopic (exact) mass is 334 g/mol. The molecule has 0 saturated heterocycles. The van der Waals surface area contributed by atoms with Crippen molar-refractivity contribution in [2.75, 3.05) is 0 Å². The first kappa shape index (κ1) is 17.0. The van der Waals surface area contributed by atoms with Crippen LogP contribution in [-0.4, -0.2) is 17.9 Å². The lowest BCUT2D eigenvalue weighted by Gasteiger charge is -2.16. The molecule has 2 aromatic carbocycles. The summed E-state index contributed by atoms with van der Waals surface area (Å²) in [5.41, 5.74) is 6.65. The Kier molecular flexibility index (Phi) is 5.71. The van der Waals surface area contributed by atoms with E-state index in [0.29, 0.717) is 10.6 Å². The topological polar surface area (TPSA) is 72.2 Å². The second-order valence-corrected chi connectivity index (χ2v) is 5.60. The van der Waals surface area contributed by atoms with Gasteiger partial charge in [0.25, 0.3) is 0 Å². The van der Waals surface area contributed by atoms with E-state index in [4.69, 9.17) is 17.3 Å². The first-order valence-corrected chi connectivity index (χ1v) is 7.39. The third kappa shape index (κ3) is 5.38. The Hall–Kier alpha value is -2.40. The van der Waals surface area contributed by atoms with Crippen LogP contribution in [-0.2, 0) is 22.4 Å². The molecule has 6 heteroatoms. The van der Waals surface area contributed by atoms with Crippen molar-refractivity contribution in [2.45, 2.75) is 18.9 Å². The summed E-state index contributed by atoms with van der Waals surface area (Å²) in [4.78, 5) is 23.6. The average molecular weight is 335 g/mol. The van der Waals surface area contributed by atoms with Gasteiger partial charge in [-0.15, -0.1) is 0 Å². The number of primary amides is 1. The maximum absolute atomic E-state index is 13.1. The van der Waals surface area contributed by atoms with Crippen LogP contribution in [0.3, 0.4) is 0 Å². The van der Waals surface area contributed by atoms with Crippen LogP contribution in [0.25, 0.3) is 0 Å². The van der Waals surface area contributed by atoms with Gasteiger partial charge in [-0.2, -0.15) is 0 Å². The van der Waals surface area contributed by atoms with Crippen molar-refractivity contribution in [3.63, 3.8) is 0 Å². The predicted octanol–water partition coefficient (Wildman–Crippen LogP) is 2.23. The van der Waals surface area contributed by atoms with Gasteiger partial charge < -0.3 is 11.1 Å². The first-order valence-electron chi connectivity index (χ1n) is 7.01. The average Bonchev–Trinajstić information content (AvgIpc) is 2.46. The molecule has 0 aliphatic rings. The van der Waals surface area contributed by atoms with Gasteiger partial charge in [0.2, 0.25) is 11.8 Å². The highest BCUT2D eigenvalue weighted by Gasteiger charge is 2.19. The molecule has 0 aliphatic heterocycles. The van der Waals surface area contributed by atoms with E-state index >= 15 is 0 Å². The van der Waals surface area contributed by atoms with Crippen molar-refractivity contribution >= 4 is 23.4 Å². The molecule has 0 bridgehead atoms. The van der Waals surface area contributed by atoms with Gasteiger partial charge in [-0.3, -0.25) is 9.59 Å². The van der Waals surface area contributed by atoms with Crippen molar-refractivity contribution in [2.24, 2.45) is 5.73 Å². The third-order valence-electron chi connectivity index (χ3n) is 3.26. The van der Waals surface area contributed by atoms with Gasteiger partial charge in [-0.05, 0) is 35.4 Å². The smallest absolute Gasteiger partial charge is 0.240 e. The van der Waals surface area contributed by atoms with E-state index in [-0.39, 0.29) is 12.8 Å². The molecule has 2 amide bonds. The molecule has 3 N–H and O–H groups in total. The second kappa shape index (κ2) is 7.74. The Morgan fingerprint density at radius 1 is 1.13 bits per heavy atom. The zero-order valence-corrected chi connectivity index (χ0v) is 13.0. The van der Waals surface area contributed by atoms with Crippen LogP contribution in [0.5, 0.6) is 0 Å². The summed E-state index contributed by atoms with van der Waals surface area (Å²) in [6, 6.07) is 11.8. The van der Waals surface area contributed by atoms with Crippen LogP contribution >= 0.6 is 11.6 Å². The SMILES string of the molecule is NC(=O)[C@@H](Cc1cccc(Cl)c1)NC(=O)Cc1cccc(F)c1. The number of hydrogen-bond donors (Lipinski definition) is 2. The van der Waals surface area contributed by atoms with Crippen molar-refractivity contribution in [3.05, 3.63) is 70.5 Å². The predicted molar refractivity (Wildman–Crippen MR) is 86.4 cm³/mol. The van der Waals surface area contributed by atoms with E-state index < -0.39 is 23.7 Å². The largest absolute Gasteiger partial charge is 0.368 e. The summed E-state index contributed by atoms with van der Waals surface area (Å²) in [6.45, 7) is 0. The molecule has 23 heavy (non-hydrogen) atoms. The van der Waals surface area contributed by atoms with Gasteiger partial charge in [-0.25, -0.2) is 4.39 Å². The zero-order valence-electron chi connectivity index (χ0n) is 12.3. The van der Waals surface area contributed by atoms with Gasteiger partial charge in [-0.1, -0.05) is 35.9 Å². The molecule has 0 saturated carbocycles. The van der Waals surface area contributed by atoms with Crippen molar-refractivity contribution in [1.82, 2.24) is 5.32 Å². The molecule has 0 spiro atoms. The standard InChI is InChI=1S/C17H16ClFN2O2/c18-13-5-1-3-11(7-13)9-15(17(20)23)21-16(22)10-12-4-2-6-14(19)8-12/h1-8,15H,9-10H2,(H2,20,23)(H,21,22)/t15-/m1/s1. The van der Waals surface area contributed by atoms with Crippen molar-refractivity contribution in [3.8, 4) is 0 Å². The quantitative estimate of drug-likeness (QED) is 0.850. The number of carbonyl (C=O) groups is 2. The maximum Gasteiger partial charge on any atom is 0.240 e. The van der Waals surface area contributed by atoms with E-state index in [1.807, 2.05) is 0 Å². The Morgan fingerprint density at radius 3 is 2.48 bits per heavy atom. The van der Waals surface area contributed by atoms with Crippen LogP contribution in [0.1, 0.15) is 11.1 Å². The van der Waals surface area contributed by atoms with E-state index in [0.717, 1.165) is 5.56 Å². The Labute approximate surface area is 138 Å². The number of rotatable bonds is 6. The van der Waals surface area contributed by atoms with E-state index in [2.05, 4.69) is 5.32 Å².